The van der Waals surface area contributed by atoms with E-state index < -0.39 is 0 Å². The normalized spacial score (nSPS) is 10.3. The summed E-state index contributed by atoms with van der Waals surface area (Å²) < 4.78 is 1.60. The number of aromatic nitrogens is 4. The van der Waals surface area contributed by atoms with Crippen LogP contribution >= 0.6 is 0 Å². The van der Waals surface area contributed by atoms with Gasteiger partial charge in [0.15, 0.2) is 5.82 Å². The van der Waals surface area contributed by atoms with Crippen LogP contribution in [0.2, 0.25) is 0 Å². The maximum atomic E-state index is 11.8. The molecule has 0 fully saturated rings. The molecule has 84 valence electrons. The summed E-state index contributed by atoms with van der Waals surface area (Å²) in [6, 6.07) is 1.84. The van der Waals surface area contributed by atoms with Crippen LogP contribution in [0.3, 0.4) is 0 Å². The lowest BCUT2D eigenvalue weighted by Gasteiger charge is -2.05. The molecule has 2 aromatic rings. The number of nitrogens with zero attached hydrogens (tertiary/aromatic N) is 3. The first-order valence-electron chi connectivity index (χ1n) is 5.09. The highest BCUT2D eigenvalue weighted by Gasteiger charge is 2.03. The molecule has 0 aliphatic heterocycles. The maximum absolute atomic E-state index is 11.8. The number of nitrogens with one attached hydrogen (secondary N) is 2. The molecule has 2 rings (SSSR count). The van der Waals surface area contributed by atoms with Crippen LogP contribution < -0.4 is 10.9 Å². The van der Waals surface area contributed by atoms with Crippen LogP contribution in [0.4, 0.5) is 5.82 Å². The van der Waals surface area contributed by atoms with Crippen molar-refractivity contribution in [1.29, 1.82) is 0 Å². The third-order valence-electron chi connectivity index (χ3n) is 2.26. The Hall–Kier alpha value is -2.11. The lowest BCUT2D eigenvalue weighted by atomic mass is 10.4. The quantitative estimate of drug-likeness (QED) is 0.789. The van der Waals surface area contributed by atoms with E-state index in [4.69, 9.17) is 0 Å². The molecule has 0 bridgehead atoms. The zero-order valence-corrected chi connectivity index (χ0v) is 8.97. The van der Waals surface area contributed by atoms with Crippen molar-refractivity contribution >= 4 is 5.82 Å². The Labute approximate surface area is 92.3 Å². The molecule has 0 aliphatic carbocycles. The van der Waals surface area contributed by atoms with E-state index in [9.17, 15) is 4.79 Å². The fourth-order valence-corrected chi connectivity index (χ4v) is 1.38. The number of aryl methyl sites for hydroxylation is 1. The number of rotatable bonds is 4. The van der Waals surface area contributed by atoms with Gasteiger partial charge >= 0.3 is 0 Å². The highest BCUT2D eigenvalue weighted by molar-refractivity contribution is 5.31. The van der Waals surface area contributed by atoms with E-state index in [1.807, 2.05) is 13.0 Å². The van der Waals surface area contributed by atoms with E-state index in [0.29, 0.717) is 18.9 Å². The van der Waals surface area contributed by atoms with Crippen molar-refractivity contribution in [2.24, 2.45) is 0 Å². The van der Waals surface area contributed by atoms with Gasteiger partial charge in [0.25, 0.3) is 5.56 Å². The lowest BCUT2D eigenvalue weighted by molar-refractivity contribution is 0.718. The molecule has 0 aliphatic rings. The van der Waals surface area contributed by atoms with Crippen LogP contribution in [0.25, 0.3) is 0 Å². The van der Waals surface area contributed by atoms with Crippen LogP contribution in [0.15, 0.2) is 29.5 Å². The summed E-state index contributed by atoms with van der Waals surface area (Å²) in [5.74, 6) is 0.360. The van der Waals surface area contributed by atoms with Gasteiger partial charge < -0.3 is 9.88 Å². The molecule has 16 heavy (non-hydrogen) atoms. The fraction of sp³-hybridized carbons (Fsp3) is 0.300. The predicted molar refractivity (Wildman–Crippen MR) is 60.1 cm³/mol. The van der Waals surface area contributed by atoms with Crippen LogP contribution in [0, 0.1) is 0 Å². The third-order valence-corrected chi connectivity index (χ3v) is 2.26. The summed E-state index contributed by atoms with van der Waals surface area (Å²) in [6.45, 7) is 3.07. The average Bonchev–Trinajstić information content (AvgIpc) is 2.81. The van der Waals surface area contributed by atoms with E-state index in [1.54, 1.807) is 23.2 Å². The van der Waals surface area contributed by atoms with Gasteiger partial charge in [-0.15, -0.1) is 0 Å². The molecular formula is C10H13N5O. The minimum Gasteiger partial charge on any atom is -0.360 e. The third kappa shape index (κ3) is 2.10. The number of anilines is 1. The minimum atomic E-state index is -0.107. The Morgan fingerprint density at radius 1 is 1.50 bits per heavy atom. The van der Waals surface area contributed by atoms with Gasteiger partial charge in [0.05, 0.1) is 12.2 Å². The van der Waals surface area contributed by atoms with E-state index in [-0.39, 0.29) is 5.56 Å². The van der Waals surface area contributed by atoms with Crippen molar-refractivity contribution in [3.63, 3.8) is 0 Å². The lowest BCUT2D eigenvalue weighted by Crippen LogP contribution is -2.23. The molecule has 0 aromatic carbocycles. The molecule has 6 nitrogen and oxygen atoms in total. The van der Waals surface area contributed by atoms with Crippen LogP contribution in [0.5, 0.6) is 0 Å². The van der Waals surface area contributed by atoms with E-state index in [2.05, 4.69) is 20.5 Å². The highest BCUT2D eigenvalue weighted by Crippen LogP contribution is 1.97. The first-order chi connectivity index (χ1) is 7.81. The van der Waals surface area contributed by atoms with Crippen molar-refractivity contribution in [3.8, 4) is 0 Å². The zero-order chi connectivity index (χ0) is 11.4. The molecule has 0 unspecified atom stereocenters. The van der Waals surface area contributed by atoms with Gasteiger partial charge in [-0.05, 0) is 13.0 Å². The maximum Gasteiger partial charge on any atom is 0.293 e. The predicted octanol–water partition coefficient (Wildman–Crippen LogP) is 0.598. The summed E-state index contributed by atoms with van der Waals surface area (Å²) in [5, 5.41) is 9.60. The van der Waals surface area contributed by atoms with Gasteiger partial charge in [-0.2, -0.15) is 5.10 Å². The van der Waals surface area contributed by atoms with E-state index >= 15 is 0 Å². The molecule has 2 aromatic heterocycles. The monoisotopic (exact) mass is 219 g/mol. The van der Waals surface area contributed by atoms with Crippen LogP contribution in [0.1, 0.15) is 12.6 Å². The molecule has 6 heteroatoms. The smallest absolute Gasteiger partial charge is 0.293 e. The molecule has 2 N–H and O–H groups in total. The van der Waals surface area contributed by atoms with Gasteiger partial charge in [0.1, 0.15) is 0 Å². The van der Waals surface area contributed by atoms with E-state index in [1.165, 1.54) is 0 Å². The Balaban J connectivity index is 2.13. The summed E-state index contributed by atoms with van der Waals surface area (Å²) >= 11 is 0. The molecule has 0 atom stereocenters. The summed E-state index contributed by atoms with van der Waals surface area (Å²) in [4.78, 5) is 15.8. The largest absolute Gasteiger partial charge is 0.360 e. The SMILES string of the molecule is CCn1ccnc(NCc2ccn[nH]2)c1=O. The van der Waals surface area contributed by atoms with E-state index in [0.717, 1.165) is 5.69 Å². The molecule has 0 saturated carbocycles. The van der Waals surface area contributed by atoms with Crippen LogP contribution in [-0.2, 0) is 13.1 Å². The molecule has 2 heterocycles. The van der Waals surface area contributed by atoms with Gasteiger partial charge in [0.2, 0.25) is 0 Å². The number of aromatic amines is 1. The standard InChI is InChI=1S/C10H13N5O/c1-2-15-6-5-11-9(10(15)16)12-7-8-3-4-13-14-8/h3-6H,2,7H2,1H3,(H,11,12)(H,13,14). The fourth-order valence-electron chi connectivity index (χ4n) is 1.38. The van der Waals surface area contributed by atoms with Crippen molar-refractivity contribution in [2.75, 3.05) is 5.32 Å². The van der Waals surface area contributed by atoms with Crippen molar-refractivity contribution < 1.29 is 0 Å². The Morgan fingerprint density at radius 2 is 2.38 bits per heavy atom. The topological polar surface area (TPSA) is 75.6 Å². The number of hydrogen-bond acceptors (Lipinski definition) is 4. The number of H-pyrrole nitrogens is 1. The van der Waals surface area contributed by atoms with Gasteiger partial charge in [-0.3, -0.25) is 9.89 Å². The molecule has 0 radical (unpaired) electrons. The summed E-state index contributed by atoms with van der Waals surface area (Å²) in [5.41, 5.74) is 0.803. The second-order valence-electron chi connectivity index (χ2n) is 3.30. The minimum absolute atomic E-state index is 0.107. The second kappa shape index (κ2) is 4.61. The Bertz CT molecular complexity index is 502. The molecule has 0 spiro atoms. The van der Waals surface area contributed by atoms with Gasteiger partial charge in [0, 0.05) is 25.1 Å². The van der Waals surface area contributed by atoms with Gasteiger partial charge in [-0.25, -0.2) is 4.98 Å². The number of hydrogen-bond donors (Lipinski definition) is 2. The summed E-state index contributed by atoms with van der Waals surface area (Å²) in [6.07, 6.45) is 4.95. The second-order valence-corrected chi connectivity index (χ2v) is 3.30. The zero-order valence-electron chi connectivity index (χ0n) is 8.97. The average molecular weight is 219 g/mol. The molecule has 0 saturated heterocycles. The van der Waals surface area contributed by atoms with Crippen molar-refractivity contribution in [3.05, 3.63) is 40.7 Å². The first kappa shape index (κ1) is 10.4. The molecule has 0 amide bonds. The van der Waals surface area contributed by atoms with Crippen LogP contribution in [-0.4, -0.2) is 19.7 Å². The Kier molecular flexibility index (Phi) is 3.00. The summed E-state index contributed by atoms with van der Waals surface area (Å²) in [7, 11) is 0. The first-order valence-corrected chi connectivity index (χ1v) is 5.09. The van der Waals surface area contributed by atoms with Crippen molar-refractivity contribution in [2.45, 2.75) is 20.0 Å². The highest BCUT2D eigenvalue weighted by atomic mass is 16.1. The van der Waals surface area contributed by atoms with Gasteiger partial charge in [-0.1, -0.05) is 0 Å². The molecular weight excluding hydrogens is 206 g/mol. The Morgan fingerprint density at radius 3 is 3.06 bits per heavy atom. The van der Waals surface area contributed by atoms with Crippen molar-refractivity contribution in [1.82, 2.24) is 19.7 Å².